The number of ether oxygens (including phenoxy) is 1. The van der Waals surface area contributed by atoms with Gasteiger partial charge in [0.15, 0.2) is 5.75 Å². The van der Waals surface area contributed by atoms with Crippen LogP contribution in [0.3, 0.4) is 0 Å². The van der Waals surface area contributed by atoms with E-state index in [9.17, 15) is 0 Å². The highest BCUT2D eigenvalue weighted by atomic mass is 35.5. The second-order valence-electron chi connectivity index (χ2n) is 6.07. The van der Waals surface area contributed by atoms with E-state index in [4.69, 9.17) is 16.3 Å². The summed E-state index contributed by atoms with van der Waals surface area (Å²) in [5.41, 5.74) is 2.17. The monoisotopic (exact) mass is 277 g/mol. The van der Waals surface area contributed by atoms with Gasteiger partial charge in [-0.05, 0) is 39.0 Å². The number of fused-ring (bicyclic) bond motifs is 3. The fraction of sp³-hybridized carbons (Fsp3) is 0.400. The van der Waals surface area contributed by atoms with Crippen LogP contribution in [0.4, 0.5) is 0 Å². The Morgan fingerprint density at radius 2 is 2.16 bits per heavy atom. The van der Waals surface area contributed by atoms with Gasteiger partial charge < -0.3 is 4.74 Å². The fourth-order valence-electron chi connectivity index (χ4n) is 2.44. The van der Waals surface area contributed by atoms with E-state index >= 15 is 0 Å². The number of benzene rings is 1. The van der Waals surface area contributed by atoms with E-state index in [0.717, 1.165) is 33.8 Å². The minimum Gasteiger partial charge on any atom is -0.442 e. The van der Waals surface area contributed by atoms with Gasteiger partial charge in [-0.15, -0.1) is 0 Å². The second-order valence-corrected chi connectivity index (χ2v) is 6.47. The van der Waals surface area contributed by atoms with Crippen molar-refractivity contribution in [3.8, 4) is 5.75 Å². The fourth-order valence-corrected chi connectivity index (χ4v) is 2.73. The van der Waals surface area contributed by atoms with Crippen molar-refractivity contribution in [2.24, 2.45) is 0 Å². The first-order valence-electron chi connectivity index (χ1n) is 6.51. The highest BCUT2D eigenvalue weighted by Gasteiger charge is 2.32. The molecule has 1 aromatic heterocycles. The molecule has 1 aliphatic heterocycles. The van der Waals surface area contributed by atoms with Crippen LogP contribution in [0.15, 0.2) is 24.4 Å². The minimum absolute atomic E-state index is 0.156. The van der Waals surface area contributed by atoms with Crippen molar-refractivity contribution in [3.63, 3.8) is 0 Å². The number of halogens is 1. The Morgan fingerprint density at radius 3 is 2.89 bits per heavy atom. The molecular weight excluding hydrogens is 260 g/mol. The van der Waals surface area contributed by atoms with Crippen LogP contribution in [0.25, 0.3) is 10.9 Å². The number of rotatable bonds is 0. The zero-order valence-corrected chi connectivity index (χ0v) is 12.2. The quantitative estimate of drug-likeness (QED) is 0.801. The van der Waals surface area contributed by atoms with Gasteiger partial charge in [-0.2, -0.15) is 0 Å². The Hall–Kier alpha value is -1.32. The Balaban J connectivity index is 2.12. The van der Waals surface area contributed by atoms with Crippen LogP contribution in [0, 0.1) is 0 Å². The highest BCUT2D eigenvalue weighted by Crippen LogP contribution is 2.34. The van der Waals surface area contributed by atoms with Crippen LogP contribution < -0.4 is 9.64 Å². The van der Waals surface area contributed by atoms with Crippen molar-refractivity contribution in [1.29, 1.82) is 0 Å². The van der Waals surface area contributed by atoms with E-state index in [2.05, 4.69) is 25.8 Å². The molecule has 19 heavy (non-hydrogen) atoms. The third-order valence-corrected chi connectivity index (χ3v) is 4.04. The van der Waals surface area contributed by atoms with Gasteiger partial charge in [-0.3, -0.25) is 9.88 Å². The zero-order valence-electron chi connectivity index (χ0n) is 11.5. The molecule has 0 fully saturated rings. The van der Waals surface area contributed by atoms with Crippen molar-refractivity contribution >= 4 is 22.5 Å². The van der Waals surface area contributed by atoms with Gasteiger partial charge in [0.05, 0.1) is 16.1 Å². The van der Waals surface area contributed by atoms with Crippen LogP contribution in [0.1, 0.15) is 26.3 Å². The summed E-state index contributed by atoms with van der Waals surface area (Å²) in [6, 6.07) is 5.90. The molecule has 0 aliphatic carbocycles. The van der Waals surface area contributed by atoms with Gasteiger partial charge in [0, 0.05) is 11.6 Å². The van der Waals surface area contributed by atoms with Crippen molar-refractivity contribution in [2.75, 3.05) is 6.73 Å². The SMILES string of the molecule is CC(C)(C)[NH+]1COc2c(cc(Cl)c3cccnc23)C1. The van der Waals surface area contributed by atoms with Gasteiger partial charge >= 0.3 is 0 Å². The van der Waals surface area contributed by atoms with Crippen LogP contribution in [-0.2, 0) is 6.54 Å². The smallest absolute Gasteiger partial charge is 0.223 e. The predicted molar refractivity (Wildman–Crippen MR) is 76.7 cm³/mol. The molecule has 1 N–H and O–H groups in total. The van der Waals surface area contributed by atoms with Gasteiger partial charge in [0.2, 0.25) is 6.73 Å². The zero-order chi connectivity index (χ0) is 13.6. The summed E-state index contributed by atoms with van der Waals surface area (Å²) in [5, 5.41) is 1.71. The topological polar surface area (TPSA) is 26.6 Å². The summed E-state index contributed by atoms with van der Waals surface area (Å²) in [7, 11) is 0. The summed E-state index contributed by atoms with van der Waals surface area (Å²) >= 11 is 6.35. The Bertz CT molecular complexity index is 634. The van der Waals surface area contributed by atoms with Gasteiger partial charge in [-0.1, -0.05) is 11.6 Å². The van der Waals surface area contributed by atoms with Crippen molar-refractivity contribution in [2.45, 2.75) is 32.9 Å². The molecule has 0 amide bonds. The van der Waals surface area contributed by atoms with Gasteiger partial charge in [0.25, 0.3) is 0 Å². The molecule has 1 atom stereocenters. The lowest BCUT2D eigenvalue weighted by atomic mass is 10.0. The third kappa shape index (κ3) is 2.17. The molecule has 0 saturated heterocycles. The van der Waals surface area contributed by atoms with Crippen LogP contribution in [-0.4, -0.2) is 17.3 Å². The van der Waals surface area contributed by atoms with Crippen molar-refractivity contribution in [1.82, 2.24) is 4.98 Å². The lowest BCUT2D eigenvalue weighted by Gasteiger charge is -2.35. The summed E-state index contributed by atoms with van der Waals surface area (Å²) in [6.07, 6.45) is 1.78. The molecule has 0 bridgehead atoms. The lowest BCUT2D eigenvalue weighted by molar-refractivity contribution is -0.976. The maximum Gasteiger partial charge on any atom is 0.223 e. The third-order valence-electron chi connectivity index (χ3n) is 3.73. The highest BCUT2D eigenvalue weighted by molar-refractivity contribution is 6.35. The first-order valence-corrected chi connectivity index (χ1v) is 6.88. The molecule has 0 spiro atoms. The summed E-state index contributed by atoms with van der Waals surface area (Å²) in [4.78, 5) is 5.82. The maximum absolute atomic E-state index is 6.35. The number of nitrogens with zero attached hydrogens (tertiary/aromatic N) is 1. The normalized spacial score (nSPS) is 19.1. The molecule has 0 saturated carbocycles. The standard InChI is InChI=1S/C15H17ClN2O/c1-15(2,3)18-8-10-7-12(16)11-5-4-6-17-13(11)14(10)19-9-18/h4-7H,8-9H2,1-3H3/p+1. The number of pyridine rings is 1. The molecule has 1 unspecified atom stereocenters. The predicted octanol–water partition coefficient (Wildman–Crippen LogP) is 2.42. The van der Waals surface area contributed by atoms with Gasteiger partial charge in [-0.25, -0.2) is 0 Å². The minimum atomic E-state index is 0.156. The van der Waals surface area contributed by atoms with E-state index < -0.39 is 0 Å². The molecular formula is C15H18ClN2O+. The largest absolute Gasteiger partial charge is 0.442 e. The van der Waals surface area contributed by atoms with E-state index in [-0.39, 0.29) is 5.54 Å². The van der Waals surface area contributed by atoms with Crippen LogP contribution >= 0.6 is 11.6 Å². The molecule has 2 heterocycles. The van der Waals surface area contributed by atoms with Crippen molar-refractivity contribution < 1.29 is 9.64 Å². The molecule has 1 aliphatic rings. The molecule has 0 radical (unpaired) electrons. The summed E-state index contributed by atoms with van der Waals surface area (Å²) in [6.45, 7) is 8.25. The number of hydrogen-bond donors (Lipinski definition) is 1. The van der Waals surface area contributed by atoms with E-state index in [1.54, 1.807) is 6.20 Å². The van der Waals surface area contributed by atoms with Crippen LogP contribution in [0.5, 0.6) is 5.75 Å². The number of quaternary nitrogens is 1. The average Bonchev–Trinajstić information content (AvgIpc) is 2.37. The number of aromatic nitrogens is 1. The molecule has 1 aromatic carbocycles. The molecule has 3 nitrogen and oxygen atoms in total. The van der Waals surface area contributed by atoms with Crippen molar-refractivity contribution in [3.05, 3.63) is 35.0 Å². The average molecular weight is 278 g/mol. The molecule has 2 aromatic rings. The second kappa shape index (κ2) is 4.36. The summed E-state index contributed by atoms with van der Waals surface area (Å²) < 4.78 is 5.97. The number of nitrogens with one attached hydrogen (secondary N) is 1. The Morgan fingerprint density at radius 1 is 1.37 bits per heavy atom. The maximum atomic E-state index is 6.35. The molecule has 100 valence electrons. The Labute approximate surface area is 118 Å². The van der Waals surface area contributed by atoms with Gasteiger partial charge in [0.1, 0.15) is 12.1 Å². The summed E-state index contributed by atoms with van der Waals surface area (Å²) in [5.74, 6) is 0.896. The Kier molecular flexibility index (Phi) is 2.91. The van der Waals surface area contributed by atoms with E-state index in [1.807, 2.05) is 18.2 Å². The first-order chi connectivity index (χ1) is 8.97. The van der Waals surface area contributed by atoms with E-state index in [1.165, 1.54) is 4.90 Å². The molecule has 3 rings (SSSR count). The first kappa shape index (κ1) is 12.7. The lowest BCUT2D eigenvalue weighted by Crippen LogP contribution is -3.19. The van der Waals surface area contributed by atoms with Crippen LogP contribution in [0.2, 0.25) is 5.02 Å². The molecule has 4 heteroatoms. The van der Waals surface area contributed by atoms with E-state index in [0.29, 0.717) is 6.73 Å². The number of hydrogen-bond acceptors (Lipinski definition) is 2.